The maximum absolute atomic E-state index is 13.6. The molecule has 3 aromatic rings. The number of anilines is 1. The second-order valence-electron chi connectivity index (χ2n) is 4.19. The Morgan fingerprint density at radius 3 is 2.75 bits per heavy atom. The van der Waals surface area contributed by atoms with Gasteiger partial charge in [0.25, 0.3) is 0 Å². The Bertz CT molecular complexity index is 727. The maximum atomic E-state index is 13.6. The fourth-order valence-corrected chi connectivity index (χ4v) is 2.63. The van der Waals surface area contributed by atoms with Crippen LogP contribution in [0.1, 0.15) is 10.7 Å². The third-order valence-electron chi connectivity index (χ3n) is 2.78. The molecule has 2 N–H and O–H groups in total. The van der Waals surface area contributed by atoms with Crippen LogP contribution in [-0.2, 0) is 6.42 Å². The zero-order valence-electron chi connectivity index (χ0n) is 10.5. The SMILES string of the molecule is Nc1ncc(F)c(Cc2nc(-c3ccccc3)cs2)n1. The van der Waals surface area contributed by atoms with E-state index in [2.05, 4.69) is 15.0 Å². The highest BCUT2D eigenvalue weighted by molar-refractivity contribution is 7.10. The summed E-state index contributed by atoms with van der Waals surface area (Å²) < 4.78 is 13.6. The lowest BCUT2D eigenvalue weighted by Gasteiger charge is -2.00. The average molecular weight is 286 g/mol. The number of hydrogen-bond acceptors (Lipinski definition) is 5. The van der Waals surface area contributed by atoms with E-state index in [9.17, 15) is 4.39 Å². The van der Waals surface area contributed by atoms with Crippen molar-refractivity contribution in [2.24, 2.45) is 0 Å². The lowest BCUT2D eigenvalue weighted by atomic mass is 10.2. The summed E-state index contributed by atoms with van der Waals surface area (Å²) in [6.07, 6.45) is 1.40. The Kier molecular flexibility index (Phi) is 3.39. The van der Waals surface area contributed by atoms with Crippen molar-refractivity contribution in [3.8, 4) is 11.3 Å². The van der Waals surface area contributed by atoms with Crippen molar-refractivity contribution < 1.29 is 4.39 Å². The van der Waals surface area contributed by atoms with Gasteiger partial charge >= 0.3 is 0 Å². The van der Waals surface area contributed by atoms with Crippen molar-refractivity contribution in [1.29, 1.82) is 0 Å². The number of aromatic nitrogens is 3. The summed E-state index contributed by atoms with van der Waals surface area (Å²) in [5.41, 5.74) is 7.66. The third-order valence-corrected chi connectivity index (χ3v) is 3.62. The predicted molar refractivity (Wildman–Crippen MR) is 76.8 cm³/mol. The van der Waals surface area contributed by atoms with E-state index >= 15 is 0 Å². The largest absolute Gasteiger partial charge is 0.368 e. The highest BCUT2D eigenvalue weighted by Gasteiger charge is 2.10. The molecular weight excluding hydrogens is 275 g/mol. The molecule has 2 aromatic heterocycles. The van der Waals surface area contributed by atoms with Gasteiger partial charge in [-0.1, -0.05) is 30.3 Å². The molecule has 2 heterocycles. The smallest absolute Gasteiger partial charge is 0.220 e. The van der Waals surface area contributed by atoms with Crippen LogP contribution in [0.3, 0.4) is 0 Å². The van der Waals surface area contributed by atoms with Gasteiger partial charge in [-0.25, -0.2) is 19.3 Å². The molecule has 0 saturated heterocycles. The number of hydrogen-bond donors (Lipinski definition) is 1. The third kappa shape index (κ3) is 2.65. The van der Waals surface area contributed by atoms with Crippen LogP contribution in [-0.4, -0.2) is 15.0 Å². The van der Waals surface area contributed by atoms with Crippen LogP contribution in [0.2, 0.25) is 0 Å². The Balaban J connectivity index is 1.86. The summed E-state index contributed by atoms with van der Waals surface area (Å²) in [5, 5.41) is 2.74. The summed E-state index contributed by atoms with van der Waals surface area (Å²) in [4.78, 5) is 12.0. The molecule has 0 radical (unpaired) electrons. The minimum atomic E-state index is -0.462. The Morgan fingerprint density at radius 1 is 1.15 bits per heavy atom. The van der Waals surface area contributed by atoms with Gasteiger partial charge in [-0.05, 0) is 0 Å². The molecule has 100 valence electrons. The standard InChI is InChI=1S/C14H11FN4S/c15-10-7-17-14(16)19-11(10)6-13-18-12(8-20-13)9-4-2-1-3-5-9/h1-5,7-8H,6H2,(H2,16,17,19). The molecule has 0 bridgehead atoms. The van der Waals surface area contributed by atoms with Crippen LogP contribution in [0, 0.1) is 5.82 Å². The van der Waals surface area contributed by atoms with Crippen LogP contribution in [0.25, 0.3) is 11.3 Å². The second kappa shape index (κ2) is 5.34. The van der Waals surface area contributed by atoms with E-state index in [0.717, 1.165) is 22.5 Å². The Hall–Kier alpha value is -2.34. The number of benzene rings is 1. The zero-order valence-corrected chi connectivity index (χ0v) is 11.3. The maximum Gasteiger partial charge on any atom is 0.220 e. The molecule has 0 aliphatic heterocycles. The first-order valence-electron chi connectivity index (χ1n) is 5.99. The van der Waals surface area contributed by atoms with Crippen molar-refractivity contribution in [2.75, 3.05) is 5.73 Å². The number of nitrogens with two attached hydrogens (primary N) is 1. The summed E-state index contributed by atoms with van der Waals surface area (Å²) >= 11 is 1.47. The minimum absolute atomic E-state index is 0.0706. The van der Waals surface area contributed by atoms with Gasteiger partial charge in [-0.2, -0.15) is 0 Å². The monoisotopic (exact) mass is 286 g/mol. The van der Waals surface area contributed by atoms with Crippen molar-refractivity contribution in [1.82, 2.24) is 15.0 Å². The predicted octanol–water partition coefficient (Wildman–Crippen LogP) is 2.91. The molecule has 0 aliphatic carbocycles. The molecule has 1 aromatic carbocycles. The van der Waals surface area contributed by atoms with Crippen molar-refractivity contribution in [2.45, 2.75) is 6.42 Å². The van der Waals surface area contributed by atoms with Crippen molar-refractivity contribution in [3.63, 3.8) is 0 Å². The molecule has 0 atom stereocenters. The molecular formula is C14H11FN4S. The first-order valence-corrected chi connectivity index (χ1v) is 6.87. The van der Waals surface area contributed by atoms with E-state index in [-0.39, 0.29) is 11.6 Å². The van der Waals surface area contributed by atoms with Gasteiger partial charge in [0.2, 0.25) is 5.95 Å². The first kappa shape index (κ1) is 12.7. The zero-order chi connectivity index (χ0) is 13.9. The minimum Gasteiger partial charge on any atom is -0.368 e. The molecule has 6 heteroatoms. The van der Waals surface area contributed by atoms with Crippen LogP contribution in [0.15, 0.2) is 41.9 Å². The number of halogens is 1. The molecule has 0 aliphatic rings. The van der Waals surface area contributed by atoms with Crippen molar-refractivity contribution >= 4 is 17.3 Å². The highest BCUT2D eigenvalue weighted by Crippen LogP contribution is 2.23. The van der Waals surface area contributed by atoms with Gasteiger partial charge in [0.1, 0.15) is 0 Å². The molecule has 0 amide bonds. The lowest BCUT2D eigenvalue weighted by Crippen LogP contribution is -2.02. The number of thiazole rings is 1. The van der Waals surface area contributed by atoms with E-state index in [0.29, 0.717) is 6.42 Å². The summed E-state index contributed by atoms with van der Waals surface area (Å²) in [6, 6.07) is 9.85. The highest BCUT2D eigenvalue weighted by atomic mass is 32.1. The fourth-order valence-electron chi connectivity index (χ4n) is 1.82. The van der Waals surface area contributed by atoms with Gasteiger partial charge in [0.15, 0.2) is 5.82 Å². The number of rotatable bonds is 3. The summed E-state index contributed by atoms with van der Waals surface area (Å²) in [6.45, 7) is 0. The normalized spacial score (nSPS) is 10.7. The van der Waals surface area contributed by atoms with Crippen LogP contribution >= 0.6 is 11.3 Å². The average Bonchev–Trinajstić information content (AvgIpc) is 2.92. The van der Waals surface area contributed by atoms with Crippen molar-refractivity contribution in [3.05, 3.63) is 58.4 Å². The van der Waals surface area contributed by atoms with Crippen LogP contribution in [0.5, 0.6) is 0 Å². The first-order chi connectivity index (χ1) is 9.72. The number of nitrogen functional groups attached to an aromatic ring is 1. The molecule has 0 saturated carbocycles. The topological polar surface area (TPSA) is 64.7 Å². The van der Waals surface area contributed by atoms with Gasteiger partial charge in [0, 0.05) is 17.4 Å². The van der Waals surface area contributed by atoms with Gasteiger partial charge < -0.3 is 5.73 Å². The molecule has 4 nitrogen and oxygen atoms in total. The summed E-state index contributed by atoms with van der Waals surface area (Å²) in [5.74, 6) is -0.392. The quantitative estimate of drug-likeness (QED) is 0.804. The number of nitrogens with zero attached hydrogens (tertiary/aromatic N) is 3. The van der Waals surface area contributed by atoms with Gasteiger partial charge in [-0.15, -0.1) is 11.3 Å². The van der Waals surface area contributed by atoms with E-state index in [1.54, 1.807) is 0 Å². The van der Waals surface area contributed by atoms with Crippen LogP contribution < -0.4 is 5.73 Å². The Morgan fingerprint density at radius 2 is 1.95 bits per heavy atom. The molecule has 20 heavy (non-hydrogen) atoms. The van der Waals surface area contributed by atoms with Crippen LogP contribution in [0.4, 0.5) is 10.3 Å². The molecule has 0 fully saturated rings. The Labute approximate surface area is 119 Å². The van der Waals surface area contributed by atoms with E-state index < -0.39 is 5.82 Å². The van der Waals surface area contributed by atoms with E-state index in [4.69, 9.17) is 5.73 Å². The summed E-state index contributed by atoms with van der Waals surface area (Å²) in [7, 11) is 0. The molecule has 0 spiro atoms. The lowest BCUT2D eigenvalue weighted by molar-refractivity contribution is 0.597. The molecule has 3 rings (SSSR count). The van der Waals surface area contributed by atoms with E-state index in [1.807, 2.05) is 35.7 Å². The van der Waals surface area contributed by atoms with Gasteiger partial charge in [0.05, 0.1) is 22.6 Å². The molecule has 0 unspecified atom stereocenters. The van der Waals surface area contributed by atoms with Gasteiger partial charge in [-0.3, -0.25) is 0 Å². The second-order valence-corrected chi connectivity index (χ2v) is 5.13. The van der Waals surface area contributed by atoms with E-state index in [1.165, 1.54) is 11.3 Å². The fraction of sp³-hybridized carbons (Fsp3) is 0.0714.